The number of nitrogens with zero attached hydrogens (tertiary/aromatic N) is 2. The summed E-state index contributed by atoms with van der Waals surface area (Å²) in [6.45, 7) is 2.84. The van der Waals surface area contributed by atoms with E-state index in [4.69, 9.17) is 0 Å². The number of piperidine rings is 1. The van der Waals surface area contributed by atoms with Gasteiger partial charge in [-0.2, -0.15) is 0 Å². The fraction of sp³-hybridized carbons (Fsp3) is 0.667. The Kier molecular flexibility index (Phi) is 7.41. The molecule has 1 heterocycles. The van der Waals surface area contributed by atoms with Crippen LogP contribution in [-0.2, 0) is 10.0 Å². The number of hydrogen-bond acceptors (Lipinski definition) is 4. The molecule has 0 unspecified atom stereocenters. The Labute approximate surface area is 183 Å². The molecule has 0 atom stereocenters. The summed E-state index contributed by atoms with van der Waals surface area (Å²) in [5, 5.41) is 3.13. The van der Waals surface area contributed by atoms with Gasteiger partial charge in [-0.3, -0.25) is 9.69 Å². The van der Waals surface area contributed by atoms with Crippen molar-refractivity contribution in [1.29, 1.82) is 0 Å². The van der Waals surface area contributed by atoms with Crippen molar-refractivity contribution in [2.75, 3.05) is 33.7 Å². The fourth-order valence-electron chi connectivity index (χ4n) is 4.57. The van der Waals surface area contributed by atoms with Gasteiger partial charge < -0.3 is 5.32 Å². The smallest absolute Gasteiger partial charge is 0.251 e. The molecule has 0 radical (unpaired) electrons. The highest BCUT2D eigenvalue weighted by atomic mass is 79.9. The summed E-state index contributed by atoms with van der Waals surface area (Å²) < 4.78 is 26.7. The SMILES string of the molecule is CN(C)S(=O)(=O)c1cc(C(=O)NCC2(N3CCCCC3)CCCCC2)ccc1Br. The van der Waals surface area contributed by atoms with Gasteiger partial charge in [0.05, 0.1) is 4.90 Å². The van der Waals surface area contributed by atoms with Crippen molar-refractivity contribution < 1.29 is 13.2 Å². The molecule has 2 aliphatic rings. The predicted octanol–water partition coefficient (Wildman–Crippen LogP) is 3.62. The van der Waals surface area contributed by atoms with Crippen LogP contribution in [0.5, 0.6) is 0 Å². The van der Waals surface area contributed by atoms with E-state index in [2.05, 4.69) is 26.1 Å². The Bertz CT molecular complexity index is 830. The van der Waals surface area contributed by atoms with E-state index < -0.39 is 10.0 Å². The van der Waals surface area contributed by atoms with Crippen LogP contribution in [0.15, 0.2) is 27.6 Å². The molecule has 1 amide bonds. The first kappa shape index (κ1) is 22.7. The number of rotatable bonds is 6. The molecule has 2 fully saturated rings. The topological polar surface area (TPSA) is 69.7 Å². The van der Waals surface area contributed by atoms with E-state index in [9.17, 15) is 13.2 Å². The molecule has 1 saturated carbocycles. The van der Waals surface area contributed by atoms with Crippen LogP contribution in [0.3, 0.4) is 0 Å². The predicted molar refractivity (Wildman–Crippen MR) is 119 cm³/mol. The van der Waals surface area contributed by atoms with Gasteiger partial charge in [-0.1, -0.05) is 25.7 Å². The van der Waals surface area contributed by atoms with Crippen molar-refractivity contribution in [3.05, 3.63) is 28.2 Å². The first-order chi connectivity index (χ1) is 13.8. The quantitative estimate of drug-likeness (QED) is 0.667. The number of carbonyl (C=O) groups excluding carboxylic acids is 1. The van der Waals surface area contributed by atoms with E-state index in [-0.39, 0.29) is 16.3 Å². The number of sulfonamides is 1. The second kappa shape index (κ2) is 9.45. The molecule has 0 bridgehead atoms. The summed E-state index contributed by atoms with van der Waals surface area (Å²) in [7, 11) is -0.658. The summed E-state index contributed by atoms with van der Waals surface area (Å²) in [5.74, 6) is -0.213. The number of amides is 1. The molecule has 162 valence electrons. The third-order valence-corrected chi connectivity index (χ3v) is 9.15. The van der Waals surface area contributed by atoms with Gasteiger partial charge in [-0.05, 0) is 72.9 Å². The molecule has 1 aromatic carbocycles. The van der Waals surface area contributed by atoms with Crippen molar-refractivity contribution in [2.45, 2.75) is 61.8 Å². The minimum Gasteiger partial charge on any atom is -0.350 e. The second-order valence-corrected chi connectivity index (χ2v) is 11.4. The van der Waals surface area contributed by atoms with E-state index in [1.54, 1.807) is 12.1 Å². The molecule has 6 nitrogen and oxygen atoms in total. The Morgan fingerprint density at radius 2 is 1.72 bits per heavy atom. The minimum absolute atomic E-state index is 0.0439. The molecular formula is C21H32BrN3O3S. The first-order valence-corrected chi connectivity index (χ1v) is 12.7. The van der Waals surface area contributed by atoms with Gasteiger partial charge in [-0.25, -0.2) is 12.7 Å². The van der Waals surface area contributed by atoms with Gasteiger partial charge in [-0.15, -0.1) is 0 Å². The molecule has 0 aromatic heterocycles. The zero-order valence-electron chi connectivity index (χ0n) is 17.4. The molecular weight excluding hydrogens is 454 g/mol. The number of halogens is 1. The molecule has 1 aromatic rings. The van der Waals surface area contributed by atoms with Crippen LogP contribution in [0.25, 0.3) is 0 Å². The number of likely N-dealkylation sites (tertiary alicyclic amines) is 1. The Hall–Kier alpha value is -0.960. The van der Waals surface area contributed by atoms with Crippen molar-refractivity contribution in [3.8, 4) is 0 Å². The third-order valence-electron chi connectivity index (χ3n) is 6.34. The standard InChI is InChI=1S/C21H32BrN3O3S/c1-24(2)29(27,28)19-15-17(9-10-18(19)22)20(26)23-16-21(11-5-3-6-12-21)25-13-7-4-8-14-25/h9-10,15H,3-8,11-14,16H2,1-2H3,(H,23,26). The number of benzene rings is 1. The van der Waals surface area contributed by atoms with E-state index >= 15 is 0 Å². The lowest BCUT2D eigenvalue weighted by Gasteiger charge is -2.48. The van der Waals surface area contributed by atoms with Crippen LogP contribution in [0, 0.1) is 0 Å². The molecule has 1 N–H and O–H groups in total. The summed E-state index contributed by atoms with van der Waals surface area (Å²) in [6.07, 6.45) is 9.67. The number of carbonyl (C=O) groups is 1. The Morgan fingerprint density at radius 1 is 1.10 bits per heavy atom. The molecule has 8 heteroatoms. The maximum absolute atomic E-state index is 12.9. The van der Waals surface area contributed by atoms with Crippen LogP contribution >= 0.6 is 15.9 Å². The monoisotopic (exact) mass is 485 g/mol. The fourth-order valence-corrected chi connectivity index (χ4v) is 6.41. The highest BCUT2D eigenvalue weighted by molar-refractivity contribution is 9.10. The zero-order chi connectivity index (χ0) is 21.1. The molecule has 1 aliphatic carbocycles. The van der Waals surface area contributed by atoms with Gasteiger partial charge in [0.25, 0.3) is 5.91 Å². The summed E-state index contributed by atoms with van der Waals surface area (Å²) in [6, 6.07) is 4.76. The van der Waals surface area contributed by atoms with E-state index in [0.717, 1.165) is 30.2 Å². The largest absolute Gasteiger partial charge is 0.350 e. The van der Waals surface area contributed by atoms with Crippen LogP contribution in [0.2, 0.25) is 0 Å². The number of hydrogen-bond donors (Lipinski definition) is 1. The Balaban J connectivity index is 1.77. The zero-order valence-corrected chi connectivity index (χ0v) is 19.8. The molecule has 3 rings (SSSR count). The van der Waals surface area contributed by atoms with E-state index in [0.29, 0.717) is 16.6 Å². The van der Waals surface area contributed by atoms with Crippen molar-refractivity contribution in [2.24, 2.45) is 0 Å². The van der Waals surface area contributed by atoms with Crippen LogP contribution in [-0.4, -0.2) is 62.8 Å². The van der Waals surface area contributed by atoms with Gasteiger partial charge in [0, 0.05) is 36.2 Å². The van der Waals surface area contributed by atoms with E-state index in [1.807, 2.05) is 0 Å². The second-order valence-electron chi connectivity index (χ2n) is 8.45. The van der Waals surface area contributed by atoms with Gasteiger partial charge in [0.15, 0.2) is 0 Å². The van der Waals surface area contributed by atoms with Crippen LogP contribution < -0.4 is 5.32 Å². The molecule has 0 spiro atoms. The maximum atomic E-state index is 12.9. The maximum Gasteiger partial charge on any atom is 0.251 e. The lowest BCUT2D eigenvalue weighted by molar-refractivity contribution is 0.0326. The van der Waals surface area contributed by atoms with Crippen LogP contribution in [0.1, 0.15) is 61.7 Å². The van der Waals surface area contributed by atoms with Crippen molar-refractivity contribution >= 4 is 31.9 Å². The minimum atomic E-state index is -3.63. The number of nitrogens with one attached hydrogen (secondary N) is 1. The van der Waals surface area contributed by atoms with E-state index in [1.165, 1.54) is 58.7 Å². The third kappa shape index (κ3) is 5.03. The van der Waals surface area contributed by atoms with Crippen molar-refractivity contribution in [1.82, 2.24) is 14.5 Å². The normalized spacial score (nSPS) is 20.6. The average Bonchev–Trinajstić information content (AvgIpc) is 2.73. The average molecular weight is 486 g/mol. The van der Waals surface area contributed by atoms with Gasteiger partial charge in [0.2, 0.25) is 10.0 Å². The Morgan fingerprint density at radius 3 is 2.34 bits per heavy atom. The highest BCUT2D eigenvalue weighted by Gasteiger charge is 2.38. The highest BCUT2D eigenvalue weighted by Crippen LogP contribution is 2.35. The summed E-state index contributed by atoms with van der Waals surface area (Å²) in [4.78, 5) is 15.6. The first-order valence-electron chi connectivity index (χ1n) is 10.5. The lowest BCUT2D eigenvalue weighted by Crippen LogP contribution is -2.58. The van der Waals surface area contributed by atoms with Gasteiger partial charge in [0.1, 0.15) is 0 Å². The molecule has 1 aliphatic heterocycles. The molecule has 1 saturated heterocycles. The van der Waals surface area contributed by atoms with Gasteiger partial charge >= 0.3 is 0 Å². The summed E-state index contributed by atoms with van der Waals surface area (Å²) in [5.41, 5.74) is 0.417. The lowest BCUT2D eigenvalue weighted by atomic mass is 9.79. The molecule has 29 heavy (non-hydrogen) atoms. The summed E-state index contributed by atoms with van der Waals surface area (Å²) >= 11 is 3.30. The van der Waals surface area contributed by atoms with Crippen molar-refractivity contribution in [3.63, 3.8) is 0 Å². The van der Waals surface area contributed by atoms with Crippen LogP contribution in [0.4, 0.5) is 0 Å².